The number of hydrogen-bond donors (Lipinski definition) is 2. The minimum absolute atomic E-state index is 0.00746. The van der Waals surface area contributed by atoms with Crippen molar-refractivity contribution in [3.8, 4) is 103 Å². The maximum absolute atomic E-state index is 12.9. The van der Waals surface area contributed by atoms with E-state index < -0.39 is 45.8 Å². The van der Waals surface area contributed by atoms with E-state index >= 15 is 0 Å². The topological polar surface area (TPSA) is 267 Å². The Morgan fingerprint density at radius 1 is 0.392 bits per heavy atom. The van der Waals surface area contributed by atoms with Crippen molar-refractivity contribution >= 4 is 67.0 Å². The first-order valence-corrected chi connectivity index (χ1v) is 38.6. The van der Waals surface area contributed by atoms with Gasteiger partial charge in [0.25, 0.3) is 16.6 Å². The first-order chi connectivity index (χ1) is 48.3. The van der Waals surface area contributed by atoms with Gasteiger partial charge in [-0.2, -0.15) is 0 Å². The number of hydrogen-bond acceptors (Lipinski definition) is 24. The molecule has 3 heterocycles. The lowest BCUT2D eigenvalue weighted by Crippen LogP contribution is -2.43. The van der Waals surface area contributed by atoms with Gasteiger partial charge in [0.1, 0.15) is 11.5 Å². The molecule has 6 aromatic carbocycles. The molecule has 6 aromatic rings. The molecule has 9 rings (SSSR count). The molecule has 0 amide bonds. The Balaban J connectivity index is 0.000000239. The van der Waals surface area contributed by atoms with Gasteiger partial charge in [0.2, 0.25) is 45.3 Å². The Labute approximate surface area is 607 Å². The van der Waals surface area contributed by atoms with Crippen LogP contribution in [-0.4, -0.2) is 168 Å². The molecule has 3 unspecified atom stereocenters. The van der Waals surface area contributed by atoms with Crippen LogP contribution in [0.25, 0.3) is 16.7 Å². The Bertz CT molecular complexity index is 4110. The van der Waals surface area contributed by atoms with Crippen LogP contribution < -0.4 is 79.9 Å². The number of aromatic hydroxyl groups is 1. The predicted molar refractivity (Wildman–Crippen MR) is 395 cm³/mol. The van der Waals surface area contributed by atoms with Gasteiger partial charge in [-0.15, -0.1) is 0 Å². The number of carbonyl (C=O) groups excluding carboxylic acids is 3. The van der Waals surface area contributed by atoms with Gasteiger partial charge < -0.3 is 99.6 Å². The van der Waals surface area contributed by atoms with Gasteiger partial charge in [0.05, 0.1) is 85.3 Å². The third-order valence-electron chi connectivity index (χ3n) is 17.8. The summed E-state index contributed by atoms with van der Waals surface area (Å²) in [5.41, 5.74) is 5.76. The lowest BCUT2D eigenvalue weighted by molar-refractivity contribution is -0.143. The van der Waals surface area contributed by atoms with Crippen molar-refractivity contribution < 1.29 is 114 Å². The van der Waals surface area contributed by atoms with Gasteiger partial charge in [-0.25, -0.2) is 9.59 Å². The number of methoxy groups -OCH3 is 14. The van der Waals surface area contributed by atoms with Crippen molar-refractivity contribution in [1.29, 1.82) is 0 Å². The number of ether oxygens (including phenoxy) is 17. The van der Waals surface area contributed by atoms with E-state index in [1.54, 1.807) is 69.9 Å². The third-order valence-corrected chi connectivity index (χ3v) is 27.1. The van der Waals surface area contributed by atoms with Gasteiger partial charge in [-0.3, -0.25) is 4.79 Å². The number of benzene rings is 6. The monoisotopic (exact) mass is 1510 g/mol. The molecule has 0 aromatic heterocycles. The van der Waals surface area contributed by atoms with Gasteiger partial charge >= 0.3 is 11.9 Å². The number of rotatable bonds is 21. The zero-order chi connectivity index (χ0) is 76.1. The van der Waals surface area contributed by atoms with Crippen LogP contribution in [0, 0.1) is 0 Å². The maximum atomic E-state index is 12.9. The van der Waals surface area contributed by atoms with E-state index in [2.05, 4.69) is 83.7 Å². The first kappa shape index (κ1) is 81.7. The number of phenolic OH excluding ortho intramolecular Hbond substituents is 1. The highest BCUT2D eigenvalue weighted by molar-refractivity contribution is 9.09. The van der Waals surface area contributed by atoms with Gasteiger partial charge in [-0.1, -0.05) is 59.7 Å². The quantitative estimate of drug-likeness (QED) is 0.0293. The molecule has 102 heavy (non-hydrogen) atoms. The summed E-state index contributed by atoms with van der Waals surface area (Å²) in [5.74, 6) is 5.09. The number of phenols is 1. The van der Waals surface area contributed by atoms with Crippen molar-refractivity contribution in [2.45, 2.75) is 95.0 Å². The van der Waals surface area contributed by atoms with Gasteiger partial charge in [0.15, 0.2) is 69.7 Å². The summed E-state index contributed by atoms with van der Waals surface area (Å²) in [7, 11) is 17.7. The number of alkyl halides is 1. The number of fused-ring (bicyclic) bond motifs is 3. The molecule has 0 spiro atoms. The van der Waals surface area contributed by atoms with E-state index in [1.165, 1.54) is 84.3 Å². The maximum Gasteiger partial charge on any atom is 0.344 e. The molecule has 24 nitrogen and oxygen atoms in total. The molecule has 554 valence electrons. The number of aliphatic hydroxyl groups excluding tert-OH is 1. The largest absolute Gasteiger partial charge is 0.541 e. The first-order valence-electron chi connectivity index (χ1n) is 31.8. The number of halogens is 1. The fourth-order valence-electron chi connectivity index (χ4n) is 10.3. The standard InChI is InChI=1S/C27H36O8Si.C26H33BrO7Si.C21H22O8.CH4O/c1-27(2,3)36(9,10)35-20-13-16(11-12-19(20)29-4)17-14-22(31-6)26(28)34-23-18(17)15-21(30-5)24(32-7)25(23)33-8;1-26(2,3)35(8,9)34-20-12-15(10-11-19(20)29-4)16-13-18(28)25(27)33-22-17(16)14-21(30-5)23(31-6)24(22)32-7;1-24-15-7-6-11(8-14(15)22)12-9-17(26-3)21(23)29-18-13(12)10-16(25-2)19(27-4)20(18)28-5;1-2/h11-15,22H,1-10H3;10-14,25H,1-9H3;6-10,17,22H,1-5H3;2H,1H3. The molecule has 2 N–H and O–H groups in total. The van der Waals surface area contributed by atoms with Crippen LogP contribution in [0.1, 0.15) is 74.9 Å². The number of aliphatic hydroxyl groups is 1. The summed E-state index contributed by atoms with van der Waals surface area (Å²) in [5, 5.41) is 16.3. The van der Waals surface area contributed by atoms with E-state index in [0.29, 0.717) is 108 Å². The molecular formula is C75H95BrO24Si2. The van der Waals surface area contributed by atoms with Crippen LogP contribution in [0.5, 0.6) is 103 Å². The van der Waals surface area contributed by atoms with Crippen LogP contribution in [-0.2, 0) is 23.9 Å². The number of esters is 2. The zero-order valence-electron chi connectivity index (χ0n) is 62.6. The number of carbonyl (C=O) groups is 3. The van der Waals surface area contributed by atoms with Crippen molar-refractivity contribution in [1.82, 2.24) is 0 Å². The normalized spacial score (nSPS) is 15.5. The van der Waals surface area contributed by atoms with Crippen molar-refractivity contribution in [3.63, 3.8) is 0 Å². The molecule has 27 heteroatoms. The Morgan fingerprint density at radius 3 is 1.02 bits per heavy atom. The molecule has 0 aliphatic carbocycles. The Morgan fingerprint density at radius 2 is 0.706 bits per heavy atom. The van der Waals surface area contributed by atoms with Crippen LogP contribution in [0.15, 0.2) is 91.0 Å². The summed E-state index contributed by atoms with van der Waals surface area (Å²) < 4.78 is 107. The van der Waals surface area contributed by atoms with E-state index in [-0.39, 0.29) is 50.4 Å². The van der Waals surface area contributed by atoms with E-state index in [0.717, 1.165) is 18.2 Å². The number of ketones is 1. The molecule has 0 saturated heterocycles. The highest BCUT2D eigenvalue weighted by Crippen LogP contribution is 2.55. The van der Waals surface area contributed by atoms with Crippen LogP contribution in [0.3, 0.4) is 0 Å². The third kappa shape index (κ3) is 17.3. The molecule has 3 aliphatic heterocycles. The second-order valence-corrected chi connectivity index (χ2v) is 35.9. The predicted octanol–water partition coefficient (Wildman–Crippen LogP) is 14.1. The Kier molecular flexibility index (Phi) is 27.7. The minimum Gasteiger partial charge on any atom is -0.541 e. The second kappa shape index (κ2) is 34.6. The molecule has 0 bridgehead atoms. The zero-order valence-corrected chi connectivity index (χ0v) is 66.2. The van der Waals surface area contributed by atoms with Gasteiger partial charge in [-0.05, 0) is 158 Å². The highest BCUT2D eigenvalue weighted by atomic mass is 79.9. The van der Waals surface area contributed by atoms with Crippen LogP contribution in [0.2, 0.25) is 36.3 Å². The van der Waals surface area contributed by atoms with Crippen LogP contribution in [0.4, 0.5) is 0 Å². The minimum atomic E-state index is -2.18. The fraction of sp³-hybridized carbons (Fsp3) is 0.400. The fourth-order valence-corrected chi connectivity index (χ4v) is 12.7. The molecule has 3 aliphatic rings. The average molecular weight is 1520 g/mol. The van der Waals surface area contributed by atoms with E-state index in [9.17, 15) is 19.5 Å². The summed E-state index contributed by atoms with van der Waals surface area (Å²) in [4.78, 5) is 38.4. The van der Waals surface area contributed by atoms with E-state index in [4.69, 9.17) is 94.5 Å². The average Bonchev–Trinajstić information content (AvgIpc) is 1.45. The summed E-state index contributed by atoms with van der Waals surface area (Å²) in [6.45, 7) is 21.8. The van der Waals surface area contributed by atoms with Crippen LogP contribution >= 0.6 is 15.9 Å². The smallest absolute Gasteiger partial charge is 0.344 e. The molecule has 0 saturated carbocycles. The van der Waals surface area contributed by atoms with Crippen molar-refractivity contribution in [3.05, 3.63) is 124 Å². The SMILES string of the molecule is CO.COc1ccc(C2=CC(=O)C(Br)Oc3c2cc(OC)c(OC)c3OC)cc1O[Si](C)(C)C(C)(C)C.COc1ccc(C2=CC(OC)C(=O)Oc3c2cc(OC)c(OC)c3OC)cc1O.COc1ccc(C2=CC(OC)C(=O)Oc3c2cc(OC)c(OC)c3OC)cc1O[Si](C)(C)C(C)(C)C. The molecular weight excluding hydrogens is 1420 g/mol. The molecule has 0 fully saturated rings. The highest BCUT2D eigenvalue weighted by Gasteiger charge is 2.42. The van der Waals surface area contributed by atoms with Gasteiger partial charge in [0, 0.05) is 38.0 Å². The van der Waals surface area contributed by atoms with E-state index in [1.807, 2.05) is 36.4 Å². The lowest BCUT2D eigenvalue weighted by atomic mass is 9.95. The lowest BCUT2D eigenvalue weighted by Gasteiger charge is -2.37. The van der Waals surface area contributed by atoms with Crippen molar-refractivity contribution in [2.75, 3.05) is 107 Å². The molecule has 0 radical (unpaired) electrons. The Hall–Kier alpha value is -9.26. The van der Waals surface area contributed by atoms with Crippen molar-refractivity contribution in [2.24, 2.45) is 0 Å². The summed E-state index contributed by atoms with van der Waals surface area (Å²) in [6, 6.07) is 21.4. The summed E-state index contributed by atoms with van der Waals surface area (Å²) in [6.07, 6.45) is 2.97. The summed E-state index contributed by atoms with van der Waals surface area (Å²) >= 11 is 3.33. The second-order valence-electron chi connectivity index (χ2n) is 25.6. The molecule has 3 atom stereocenters.